The maximum absolute atomic E-state index is 13.6. The number of likely N-dealkylation sites (N-methyl/N-ethyl adjacent to an activating group) is 1. The fourth-order valence-corrected chi connectivity index (χ4v) is 3.24. The summed E-state index contributed by atoms with van der Waals surface area (Å²) >= 11 is 0. The smallest absolute Gasteiger partial charge is 0.370 e. The Bertz CT molecular complexity index is 740. The van der Waals surface area contributed by atoms with Gasteiger partial charge in [0.25, 0.3) is 5.91 Å². The van der Waals surface area contributed by atoms with Crippen LogP contribution in [0.3, 0.4) is 0 Å². The third-order valence-corrected chi connectivity index (χ3v) is 4.58. The Morgan fingerprint density at radius 1 is 1.38 bits per heavy atom. The number of alkyl halides is 3. The van der Waals surface area contributed by atoms with Crippen molar-refractivity contribution in [3.63, 3.8) is 0 Å². The number of anilines is 2. The van der Waals surface area contributed by atoms with Gasteiger partial charge in [0.1, 0.15) is 12.6 Å². The first-order valence-corrected chi connectivity index (χ1v) is 9.35. The number of halogens is 3. The van der Waals surface area contributed by atoms with Crippen molar-refractivity contribution in [2.24, 2.45) is 11.7 Å². The number of nitrogens with two attached hydrogens (primary N) is 1. The van der Waals surface area contributed by atoms with Crippen molar-refractivity contribution >= 4 is 23.2 Å². The lowest BCUT2D eigenvalue weighted by atomic mass is 10.1. The quantitative estimate of drug-likeness (QED) is 0.709. The molecule has 0 aliphatic carbocycles. The molecule has 7 nitrogen and oxygen atoms in total. The summed E-state index contributed by atoms with van der Waals surface area (Å²) in [5, 5.41) is 2.35. The second-order valence-electron chi connectivity index (χ2n) is 7.40. The van der Waals surface area contributed by atoms with Crippen molar-refractivity contribution in [1.29, 1.82) is 0 Å². The highest BCUT2D eigenvalue weighted by molar-refractivity contribution is 5.97. The summed E-state index contributed by atoms with van der Waals surface area (Å²) in [5.41, 5.74) is 4.40. The average molecular weight is 416 g/mol. The van der Waals surface area contributed by atoms with Gasteiger partial charge in [-0.15, -0.1) is 0 Å². The molecule has 1 aliphatic rings. The van der Waals surface area contributed by atoms with Gasteiger partial charge < -0.3 is 20.7 Å². The lowest BCUT2D eigenvalue weighted by Gasteiger charge is -2.29. The number of rotatable bonds is 7. The molecule has 1 aromatic carbocycles. The minimum absolute atomic E-state index is 0.0310. The molecule has 1 aromatic rings. The molecule has 0 saturated carbocycles. The summed E-state index contributed by atoms with van der Waals surface area (Å²) in [5.74, 6) is -0.769. The van der Waals surface area contributed by atoms with E-state index >= 15 is 0 Å². The first-order chi connectivity index (χ1) is 13.5. The number of carbonyl (C=O) groups is 2. The highest BCUT2D eigenvalue weighted by atomic mass is 19.4. The van der Waals surface area contributed by atoms with E-state index in [1.54, 1.807) is 11.9 Å². The van der Waals surface area contributed by atoms with Gasteiger partial charge >= 0.3 is 6.18 Å². The standard InChI is InChI=1S/C19H27F3N4O3/c1-12(2)10-25(3)16(9-23)18(28)24-15-5-4-13(8-14(15)19(20,21)22)26-6-7-29-11-17(26)27/h4-5,8,12,16H,6-7,9-11,23H2,1-3H3,(H,24,28)/t16-/m0/s1. The van der Waals surface area contributed by atoms with Gasteiger partial charge in [-0.1, -0.05) is 13.8 Å². The SMILES string of the molecule is CC(C)CN(C)[C@@H](CN)C(=O)Nc1ccc(N2CCOCC2=O)cc1C(F)(F)F. The van der Waals surface area contributed by atoms with Gasteiger partial charge in [0.15, 0.2) is 0 Å². The Hall–Kier alpha value is -2.17. The van der Waals surface area contributed by atoms with E-state index in [4.69, 9.17) is 10.5 Å². The number of ether oxygens (including phenoxy) is 1. The largest absolute Gasteiger partial charge is 0.418 e. The Labute approximate surface area is 168 Å². The van der Waals surface area contributed by atoms with Crippen LogP contribution in [0, 0.1) is 5.92 Å². The third-order valence-electron chi connectivity index (χ3n) is 4.58. The number of nitrogens with zero attached hydrogens (tertiary/aromatic N) is 2. The molecular formula is C19H27F3N4O3. The first kappa shape index (κ1) is 23.1. The van der Waals surface area contributed by atoms with Gasteiger partial charge in [0.2, 0.25) is 5.91 Å². The van der Waals surface area contributed by atoms with Crippen LogP contribution in [0.25, 0.3) is 0 Å². The zero-order valence-corrected chi connectivity index (χ0v) is 16.8. The predicted molar refractivity (Wildman–Crippen MR) is 104 cm³/mol. The van der Waals surface area contributed by atoms with E-state index in [2.05, 4.69) is 5.32 Å². The molecule has 1 aliphatic heterocycles. The van der Waals surface area contributed by atoms with Crippen molar-refractivity contribution in [1.82, 2.24) is 4.90 Å². The van der Waals surface area contributed by atoms with Gasteiger partial charge in [-0.2, -0.15) is 13.2 Å². The van der Waals surface area contributed by atoms with Crippen LogP contribution >= 0.6 is 0 Å². The summed E-state index contributed by atoms with van der Waals surface area (Å²) in [4.78, 5) is 27.5. The van der Waals surface area contributed by atoms with Crippen LogP contribution in [0.2, 0.25) is 0 Å². The van der Waals surface area contributed by atoms with E-state index in [1.807, 2.05) is 13.8 Å². The molecule has 0 aromatic heterocycles. The Kier molecular flexibility index (Phi) is 7.61. The molecule has 0 bridgehead atoms. The molecule has 162 valence electrons. The molecule has 1 atom stereocenters. The van der Waals surface area contributed by atoms with Crippen molar-refractivity contribution in [2.45, 2.75) is 26.1 Å². The summed E-state index contributed by atoms with van der Waals surface area (Å²) in [6.07, 6.45) is -4.71. The average Bonchev–Trinajstić information content (AvgIpc) is 2.61. The molecule has 0 spiro atoms. The number of hydrogen-bond acceptors (Lipinski definition) is 5. The van der Waals surface area contributed by atoms with Gasteiger partial charge in [-0.3, -0.25) is 14.5 Å². The summed E-state index contributed by atoms with van der Waals surface area (Å²) in [6.45, 7) is 4.70. The normalized spacial score (nSPS) is 16.4. The van der Waals surface area contributed by atoms with Crippen LogP contribution in [0.1, 0.15) is 19.4 Å². The van der Waals surface area contributed by atoms with Crippen LogP contribution in [0.4, 0.5) is 24.5 Å². The zero-order chi connectivity index (χ0) is 21.8. The second-order valence-corrected chi connectivity index (χ2v) is 7.40. The molecule has 1 fully saturated rings. The monoisotopic (exact) mass is 416 g/mol. The molecule has 2 rings (SSSR count). The van der Waals surface area contributed by atoms with E-state index < -0.39 is 29.6 Å². The lowest BCUT2D eigenvalue weighted by molar-refractivity contribution is -0.137. The van der Waals surface area contributed by atoms with Crippen molar-refractivity contribution < 1.29 is 27.5 Å². The molecule has 1 heterocycles. The number of amides is 2. The number of carbonyl (C=O) groups excluding carboxylic acids is 2. The minimum Gasteiger partial charge on any atom is -0.370 e. The zero-order valence-electron chi connectivity index (χ0n) is 16.8. The van der Waals surface area contributed by atoms with Crippen molar-refractivity contribution in [2.75, 3.05) is 50.1 Å². The van der Waals surface area contributed by atoms with Crippen LogP contribution in [-0.4, -0.2) is 62.7 Å². The second kappa shape index (κ2) is 9.55. The Morgan fingerprint density at radius 3 is 2.62 bits per heavy atom. The van der Waals surface area contributed by atoms with Gasteiger partial charge in [-0.25, -0.2) is 0 Å². The van der Waals surface area contributed by atoms with Crippen molar-refractivity contribution in [3.8, 4) is 0 Å². The van der Waals surface area contributed by atoms with Gasteiger partial charge in [0.05, 0.1) is 17.9 Å². The van der Waals surface area contributed by atoms with Crippen LogP contribution in [0.15, 0.2) is 18.2 Å². The van der Waals surface area contributed by atoms with E-state index in [0.29, 0.717) is 6.54 Å². The van der Waals surface area contributed by atoms with E-state index in [-0.39, 0.29) is 43.6 Å². The van der Waals surface area contributed by atoms with Crippen molar-refractivity contribution in [3.05, 3.63) is 23.8 Å². The van der Waals surface area contributed by atoms with E-state index in [0.717, 1.165) is 12.1 Å². The van der Waals surface area contributed by atoms with Gasteiger partial charge in [0, 0.05) is 25.3 Å². The molecule has 2 amide bonds. The maximum Gasteiger partial charge on any atom is 0.418 e. The Balaban J connectivity index is 2.29. The highest BCUT2D eigenvalue weighted by Gasteiger charge is 2.36. The fourth-order valence-electron chi connectivity index (χ4n) is 3.24. The summed E-state index contributed by atoms with van der Waals surface area (Å²) in [6, 6.07) is 2.64. The van der Waals surface area contributed by atoms with E-state index in [1.165, 1.54) is 11.0 Å². The molecule has 0 radical (unpaired) electrons. The predicted octanol–water partition coefficient (Wildman–Crippen LogP) is 1.92. The van der Waals surface area contributed by atoms with Crippen LogP contribution < -0.4 is 16.0 Å². The topological polar surface area (TPSA) is 87.9 Å². The van der Waals surface area contributed by atoms with Gasteiger partial charge in [-0.05, 0) is 31.2 Å². The minimum atomic E-state index is -4.71. The molecule has 0 unspecified atom stereocenters. The number of benzene rings is 1. The molecular weight excluding hydrogens is 389 g/mol. The molecule has 29 heavy (non-hydrogen) atoms. The van der Waals surface area contributed by atoms with E-state index in [9.17, 15) is 22.8 Å². The van der Waals surface area contributed by atoms with Crippen LogP contribution in [-0.2, 0) is 20.5 Å². The highest BCUT2D eigenvalue weighted by Crippen LogP contribution is 2.37. The molecule has 1 saturated heterocycles. The third kappa shape index (κ3) is 5.91. The summed E-state index contributed by atoms with van der Waals surface area (Å²) in [7, 11) is 1.70. The lowest BCUT2D eigenvalue weighted by Crippen LogP contribution is -2.48. The first-order valence-electron chi connectivity index (χ1n) is 9.35. The number of nitrogens with one attached hydrogen (secondary N) is 1. The molecule has 10 heteroatoms. The van der Waals surface area contributed by atoms with Crippen LogP contribution in [0.5, 0.6) is 0 Å². The Morgan fingerprint density at radius 2 is 2.07 bits per heavy atom. The maximum atomic E-state index is 13.6. The summed E-state index contributed by atoms with van der Waals surface area (Å²) < 4.78 is 45.9. The number of morpholine rings is 1. The molecule has 3 N–H and O–H groups in total. The number of hydrogen-bond donors (Lipinski definition) is 2. The fraction of sp³-hybridized carbons (Fsp3) is 0.579.